The SMILES string of the molecule is Cc1ccc(S(=O)(=O)N(CC(=O)Nc2ccccc2C(=O)NCc2ccccc2)c2cc(C)ccc2C)cc1. The maximum Gasteiger partial charge on any atom is 0.264 e. The molecule has 4 rings (SSSR count). The summed E-state index contributed by atoms with van der Waals surface area (Å²) in [4.78, 5) is 26.4. The maximum atomic E-state index is 13.8. The highest BCUT2D eigenvalue weighted by atomic mass is 32.2. The second kappa shape index (κ2) is 12.0. The minimum Gasteiger partial charge on any atom is -0.348 e. The standard InChI is InChI=1S/C31H31N3O4S/c1-22-14-17-26(18-15-22)39(37,38)34(29-19-23(2)13-16-24(29)3)21-30(35)33-28-12-8-7-11-27(28)31(36)32-20-25-9-5-4-6-10-25/h4-19H,20-21H2,1-3H3,(H,32,36)(H,33,35). The molecular weight excluding hydrogens is 510 g/mol. The zero-order valence-electron chi connectivity index (χ0n) is 22.1. The molecule has 0 saturated heterocycles. The molecule has 0 saturated carbocycles. The van der Waals surface area contributed by atoms with E-state index in [4.69, 9.17) is 0 Å². The van der Waals surface area contributed by atoms with E-state index in [2.05, 4.69) is 10.6 Å². The predicted octanol–water partition coefficient (Wildman–Crippen LogP) is 5.38. The van der Waals surface area contributed by atoms with E-state index in [-0.39, 0.29) is 16.4 Å². The van der Waals surface area contributed by atoms with Gasteiger partial charge in [-0.05, 0) is 67.8 Å². The Morgan fingerprint density at radius 1 is 0.769 bits per heavy atom. The van der Waals surface area contributed by atoms with Crippen molar-refractivity contribution in [3.05, 3.63) is 125 Å². The third kappa shape index (κ3) is 6.72. The van der Waals surface area contributed by atoms with E-state index in [0.29, 0.717) is 23.5 Å². The van der Waals surface area contributed by atoms with E-state index < -0.39 is 22.5 Å². The van der Waals surface area contributed by atoms with E-state index in [1.165, 1.54) is 12.1 Å². The third-order valence-electron chi connectivity index (χ3n) is 6.27. The molecule has 39 heavy (non-hydrogen) atoms. The van der Waals surface area contributed by atoms with Crippen molar-refractivity contribution >= 4 is 33.2 Å². The number of nitrogens with one attached hydrogen (secondary N) is 2. The van der Waals surface area contributed by atoms with Crippen molar-refractivity contribution in [3.63, 3.8) is 0 Å². The molecule has 0 aliphatic carbocycles. The average Bonchev–Trinajstić information content (AvgIpc) is 2.93. The summed E-state index contributed by atoms with van der Waals surface area (Å²) in [7, 11) is -4.07. The zero-order chi connectivity index (χ0) is 28.0. The molecular formula is C31H31N3O4S. The molecule has 0 bridgehead atoms. The largest absolute Gasteiger partial charge is 0.348 e. The number of anilines is 2. The summed E-state index contributed by atoms with van der Waals surface area (Å²) in [5, 5.41) is 5.61. The fourth-order valence-electron chi connectivity index (χ4n) is 4.11. The van der Waals surface area contributed by atoms with E-state index in [0.717, 1.165) is 21.0 Å². The lowest BCUT2D eigenvalue weighted by Gasteiger charge is -2.26. The molecule has 0 atom stereocenters. The fourth-order valence-corrected chi connectivity index (χ4v) is 5.59. The van der Waals surface area contributed by atoms with Crippen molar-refractivity contribution in [2.45, 2.75) is 32.2 Å². The molecule has 2 N–H and O–H groups in total. The van der Waals surface area contributed by atoms with Crippen LogP contribution in [0.2, 0.25) is 0 Å². The summed E-state index contributed by atoms with van der Waals surface area (Å²) >= 11 is 0. The van der Waals surface area contributed by atoms with Gasteiger partial charge in [0.25, 0.3) is 15.9 Å². The van der Waals surface area contributed by atoms with Crippen molar-refractivity contribution in [1.82, 2.24) is 5.32 Å². The van der Waals surface area contributed by atoms with Crippen LogP contribution < -0.4 is 14.9 Å². The van der Waals surface area contributed by atoms with Crippen LogP contribution in [-0.4, -0.2) is 26.8 Å². The van der Waals surface area contributed by atoms with Crippen LogP contribution in [0.4, 0.5) is 11.4 Å². The molecule has 7 nitrogen and oxygen atoms in total. The Balaban J connectivity index is 1.60. The summed E-state index contributed by atoms with van der Waals surface area (Å²) in [6, 6.07) is 28.1. The molecule has 4 aromatic carbocycles. The van der Waals surface area contributed by atoms with Gasteiger partial charge < -0.3 is 10.6 Å². The lowest BCUT2D eigenvalue weighted by molar-refractivity contribution is -0.114. The van der Waals surface area contributed by atoms with Gasteiger partial charge in [0.15, 0.2) is 0 Å². The number of carbonyl (C=O) groups excluding carboxylic acids is 2. The number of sulfonamides is 1. The van der Waals surface area contributed by atoms with Crippen LogP contribution in [0.15, 0.2) is 102 Å². The predicted molar refractivity (Wildman–Crippen MR) is 154 cm³/mol. The Morgan fingerprint density at radius 2 is 1.41 bits per heavy atom. The molecule has 4 aromatic rings. The first-order chi connectivity index (χ1) is 18.6. The van der Waals surface area contributed by atoms with Crippen molar-refractivity contribution < 1.29 is 18.0 Å². The molecule has 0 aliphatic heterocycles. The second-order valence-corrected chi connectivity index (χ2v) is 11.2. The molecule has 0 fully saturated rings. The van der Waals surface area contributed by atoms with Crippen LogP contribution in [0, 0.1) is 20.8 Å². The lowest BCUT2D eigenvalue weighted by Crippen LogP contribution is -2.39. The van der Waals surface area contributed by atoms with Crippen LogP contribution in [0.1, 0.15) is 32.6 Å². The summed E-state index contributed by atoms with van der Waals surface area (Å²) < 4.78 is 28.7. The first kappa shape index (κ1) is 27.6. The number of rotatable bonds is 9. The number of amides is 2. The van der Waals surface area contributed by atoms with E-state index in [9.17, 15) is 18.0 Å². The van der Waals surface area contributed by atoms with Crippen molar-refractivity contribution in [1.29, 1.82) is 0 Å². The van der Waals surface area contributed by atoms with Gasteiger partial charge in [0.1, 0.15) is 6.54 Å². The normalized spacial score (nSPS) is 11.1. The number of nitrogens with zero attached hydrogens (tertiary/aromatic N) is 1. The van der Waals surface area contributed by atoms with Gasteiger partial charge in [-0.25, -0.2) is 8.42 Å². The number of hydrogen-bond donors (Lipinski definition) is 2. The average molecular weight is 542 g/mol. The first-order valence-corrected chi connectivity index (χ1v) is 14.0. The molecule has 8 heteroatoms. The molecule has 2 amide bonds. The molecule has 0 unspecified atom stereocenters. The fraction of sp³-hybridized carbons (Fsp3) is 0.161. The summed E-state index contributed by atoms with van der Waals surface area (Å²) in [6.07, 6.45) is 0. The zero-order valence-corrected chi connectivity index (χ0v) is 23.0. The Labute approximate surface area is 229 Å². The van der Waals surface area contributed by atoms with Gasteiger partial charge in [-0.15, -0.1) is 0 Å². The highest BCUT2D eigenvalue weighted by molar-refractivity contribution is 7.92. The van der Waals surface area contributed by atoms with Gasteiger partial charge >= 0.3 is 0 Å². The van der Waals surface area contributed by atoms with Crippen LogP contribution in [-0.2, 0) is 21.4 Å². The molecule has 0 aliphatic rings. The van der Waals surface area contributed by atoms with Crippen molar-refractivity contribution in [2.75, 3.05) is 16.2 Å². The number of para-hydroxylation sites is 1. The number of aryl methyl sites for hydroxylation is 3. The molecule has 200 valence electrons. The smallest absolute Gasteiger partial charge is 0.264 e. The van der Waals surface area contributed by atoms with E-state index >= 15 is 0 Å². The Kier molecular flexibility index (Phi) is 8.46. The van der Waals surface area contributed by atoms with Crippen molar-refractivity contribution in [2.24, 2.45) is 0 Å². The molecule has 0 heterocycles. The van der Waals surface area contributed by atoms with Gasteiger partial charge in [-0.2, -0.15) is 0 Å². The maximum absolute atomic E-state index is 13.8. The van der Waals surface area contributed by atoms with E-state index in [1.54, 1.807) is 49.4 Å². The topological polar surface area (TPSA) is 95.6 Å². The lowest BCUT2D eigenvalue weighted by atomic mass is 10.1. The number of hydrogen-bond acceptors (Lipinski definition) is 4. The highest BCUT2D eigenvalue weighted by Gasteiger charge is 2.29. The van der Waals surface area contributed by atoms with Gasteiger partial charge in [0, 0.05) is 6.54 Å². The Morgan fingerprint density at radius 3 is 2.13 bits per heavy atom. The second-order valence-electron chi connectivity index (χ2n) is 9.38. The summed E-state index contributed by atoms with van der Waals surface area (Å²) in [5.41, 5.74) is 4.43. The summed E-state index contributed by atoms with van der Waals surface area (Å²) in [6.45, 7) is 5.40. The van der Waals surface area contributed by atoms with Gasteiger partial charge in [-0.1, -0.05) is 72.3 Å². The quantitative estimate of drug-likeness (QED) is 0.298. The van der Waals surface area contributed by atoms with Gasteiger partial charge in [0.2, 0.25) is 5.91 Å². The van der Waals surface area contributed by atoms with Crippen molar-refractivity contribution in [3.8, 4) is 0 Å². The molecule has 0 spiro atoms. The first-order valence-electron chi connectivity index (χ1n) is 12.5. The van der Waals surface area contributed by atoms with Crippen LogP contribution in [0.5, 0.6) is 0 Å². The highest BCUT2D eigenvalue weighted by Crippen LogP contribution is 2.28. The van der Waals surface area contributed by atoms with Gasteiger partial charge in [0.05, 0.1) is 21.8 Å². The van der Waals surface area contributed by atoms with Crippen LogP contribution >= 0.6 is 0 Å². The van der Waals surface area contributed by atoms with E-state index in [1.807, 2.05) is 56.3 Å². The number of benzene rings is 4. The minimum atomic E-state index is -4.07. The molecule has 0 aromatic heterocycles. The van der Waals surface area contributed by atoms with Crippen LogP contribution in [0.3, 0.4) is 0 Å². The third-order valence-corrected chi connectivity index (χ3v) is 8.05. The minimum absolute atomic E-state index is 0.0856. The Hall–Kier alpha value is -4.43. The van der Waals surface area contributed by atoms with Crippen LogP contribution in [0.25, 0.3) is 0 Å². The van der Waals surface area contributed by atoms with Gasteiger partial charge in [-0.3, -0.25) is 13.9 Å². The monoisotopic (exact) mass is 541 g/mol. The number of carbonyl (C=O) groups is 2. The Bertz CT molecular complexity index is 1580. The summed E-state index contributed by atoms with van der Waals surface area (Å²) in [5.74, 6) is -0.927. The molecule has 0 radical (unpaired) electrons.